The molecule has 1 aromatic rings. The summed E-state index contributed by atoms with van der Waals surface area (Å²) in [5.74, 6) is 0.610. The van der Waals surface area contributed by atoms with Crippen LogP contribution in [-0.4, -0.2) is 19.0 Å². The number of amides is 1. The Hall–Kier alpha value is -0.770. The Morgan fingerprint density at radius 1 is 1.35 bits per heavy atom. The second-order valence-electron chi connectivity index (χ2n) is 5.66. The van der Waals surface area contributed by atoms with Gasteiger partial charge in [0.1, 0.15) is 0 Å². The zero-order valence-electron chi connectivity index (χ0n) is 11.3. The minimum absolute atomic E-state index is 0. The minimum Gasteiger partial charge on any atom is -0.324 e. The molecule has 1 aromatic carbocycles. The second-order valence-corrected chi connectivity index (χ2v) is 6.07. The summed E-state index contributed by atoms with van der Waals surface area (Å²) in [7, 11) is 0. The van der Waals surface area contributed by atoms with E-state index in [0.717, 1.165) is 38.0 Å². The van der Waals surface area contributed by atoms with Gasteiger partial charge in [-0.05, 0) is 37.4 Å². The summed E-state index contributed by atoms with van der Waals surface area (Å²) >= 11 is 6.12. The van der Waals surface area contributed by atoms with Crippen molar-refractivity contribution in [1.82, 2.24) is 5.32 Å². The minimum atomic E-state index is -0.225. The molecule has 2 fully saturated rings. The van der Waals surface area contributed by atoms with Gasteiger partial charge in [-0.1, -0.05) is 36.6 Å². The molecule has 3 rings (SSSR count). The lowest BCUT2D eigenvalue weighted by atomic mass is 9.67. The number of carbonyl (C=O) groups excluding carboxylic acids is 1. The molecule has 2 atom stereocenters. The molecule has 1 saturated carbocycles. The number of rotatable bonds is 2. The SMILES string of the molecule is Cl.O=C(Nc1ccccc1Cl)[C@@]12CCCC[C@H]1CNC2. The Kier molecular flexibility index (Phi) is 4.95. The van der Waals surface area contributed by atoms with E-state index in [9.17, 15) is 4.79 Å². The third-order valence-electron chi connectivity index (χ3n) is 4.61. The third-order valence-corrected chi connectivity index (χ3v) is 4.94. The van der Waals surface area contributed by atoms with Crippen LogP contribution in [0.2, 0.25) is 5.02 Å². The number of hydrogen-bond acceptors (Lipinski definition) is 2. The average Bonchev–Trinajstić information content (AvgIpc) is 2.86. The van der Waals surface area contributed by atoms with Gasteiger partial charge in [0.25, 0.3) is 0 Å². The van der Waals surface area contributed by atoms with Gasteiger partial charge in [0.2, 0.25) is 5.91 Å². The maximum absolute atomic E-state index is 12.7. The van der Waals surface area contributed by atoms with Gasteiger partial charge in [-0.15, -0.1) is 12.4 Å². The number of fused-ring (bicyclic) bond motifs is 1. The number of halogens is 2. The Bertz CT molecular complexity index is 495. The first-order valence-electron chi connectivity index (χ1n) is 6.99. The molecule has 1 amide bonds. The maximum atomic E-state index is 12.7. The average molecular weight is 315 g/mol. The molecule has 0 unspecified atom stereocenters. The first kappa shape index (κ1) is 15.6. The van der Waals surface area contributed by atoms with Crippen LogP contribution in [0.3, 0.4) is 0 Å². The molecule has 2 N–H and O–H groups in total. The Morgan fingerprint density at radius 2 is 2.15 bits per heavy atom. The molecule has 1 heterocycles. The van der Waals surface area contributed by atoms with Crippen LogP contribution in [0, 0.1) is 11.3 Å². The number of nitrogens with one attached hydrogen (secondary N) is 2. The molecule has 20 heavy (non-hydrogen) atoms. The summed E-state index contributed by atoms with van der Waals surface area (Å²) in [5, 5.41) is 7.03. The number of para-hydroxylation sites is 1. The summed E-state index contributed by atoms with van der Waals surface area (Å²) in [5.41, 5.74) is 0.497. The van der Waals surface area contributed by atoms with Crippen molar-refractivity contribution in [2.45, 2.75) is 25.7 Å². The molecule has 2 aliphatic rings. The van der Waals surface area contributed by atoms with Gasteiger partial charge < -0.3 is 10.6 Å². The van der Waals surface area contributed by atoms with Crippen molar-refractivity contribution in [1.29, 1.82) is 0 Å². The van der Waals surface area contributed by atoms with Crippen LogP contribution in [0.15, 0.2) is 24.3 Å². The van der Waals surface area contributed by atoms with Crippen molar-refractivity contribution in [2.24, 2.45) is 11.3 Å². The van der Waals surface area contributed by atoms with Crippen LogP contribution < -0.4 is 10.6 Å². The first-order chi connectivity index (χ1) is 9.22. The van der Waals surface area contributed by atoms with Gasteiger partial charge in [0.05, 0.1) is 16.1 Å². The van der Waals surface area contributed by atoms with Crippen LogP contribution in [0.25, 0.3) is 0 Å². The standard InChI is InChI=1S/C15H19ClN2O.ClH/c16-12-6-1-2-7-13(12)18-14(19)15-8-4-3-5-11(15)9-17-10-15;/h1-2,6-7,11,17H,3-5,8-10H2,(H,18,19);1H/t11-,15+;/m0./s1. The molecule has 0 aromatic heterocycles. The number of carbonyl (C=O) groups is 1. The highest BCUT2D eigenvalue weighted by Crippen LogP contribution is 2.44. The Morgan fingerprint density at radius 3 is 2.95 bits per heavy atom. The highest BCUT2D eigenvalue weighted by molar-refractivity contribution is 6.33. The van der Waals surface area contributed by atoms with Gasteiger partial charge in [-0.3, -0.25) is 4.79 Å². The van der Waals surface area contributed by atoms with Gasteiger partial charge >= 0.3 is 0 Å². The zero-order chi connectivity index (χ0) is 13.3. The van der Waals surface area contributed by atoms with Crippen molar-refractivity contribution in [2.75, 3.05) is 18.4 Å². The van der Waals surface area contributed by atoms with Gasteiger partial charge in [0, 0.05) is 6.54 Å². The van der Waals surface area contributed by atoms with E-state index in [4.69, 9.17) is 11.6 Å². The molecule has 1 aliphatic heterocycles. The van der Waals surface area contributed by atoms with Gasteiger partial charge in [0.15, 0.2) is 0 Å². The molecule has 0 radical (unpaired) electrons. The van der Waals surface area contributed by atoms with Crippen LogP contribution in [0.1, 0.15) is 25.7 Å². The largest absolute Gasteiger partial charge is 0.324 e. The van der Waals surface area contributed by atoms with E-state index < -0.39 is 0 Å². The summed E-state index contributed by atoms with van der Waals surface area (Å²) < 4.78 is 0. The third kappa shape index (κ3) is 2.67. The van der Waals surface area contributed by atoms with Crippen molar-refractivity contribution in [3.63, 3.8) is 0 Å². The summed E-state index contributed by atoms with van der Waals surface area (Å²) in [6.45, 7) is 1.77. The zero-order valence-corrected chi connectivity index (χ0v) is 12.9. The molecule has 1 saturated heterocycles. The maximum Gasteiger partial charge on any atom is 0.232 e. The van der Waals surface area contributed by atoms with E-state index in [-0.39, 0.29) is 23.7 Å². The topological polar surface area (TPSA) is 41.1 Å². The molecule has 3 nitrogen and oxygen atoms in total. The van der Waals surface area contributed by atoms with Crippen molar-refractivity contribution >= 4 is 35.6 Å². The van der Waals surface area contributed by atoms with E-state index in [1.807, 2.05) is 18.2 Å². The number of benzene rings is 1. The fourth-order valence-electron chi connectivity index (χ4n) is 3.50. The van der Waals surface area contributed by atoms with E-state index in [1.165, 1.54) is 6.42 Å². The van der Waals surface area contributed by atoms with Crippen LogP contribution >= 0.6 is 24.0 Å². The lowest BCUT2D eigenvalue weighted by Crippen LogP contribution is -2.44. The van der Waals surface area contributed by atoms with Crippen molar-refractivity contribution in [3.8, 4) is 0 Å². The van der Waals surface area contributed by atoms with Crippen molar-refractivity contribution in [3.05, 3.63) is 29.3 Å². The van der Waals surface area contributed by atoms with Crippen LogP contribution in [0.4, 0.5) is 5.69 Å². The van der Waals surface area contributed by atoms with Crippen LogP contribution in [-0.2, 0) is 4.79 Å². The van der Waals surface area contributed by atoms with Gasteiger partial charge in [-0.25, -0.2) is 0 Å². The normalized spacial score (nSPS) is 28.4. The van der Waals surface area contributed by atoms with E-state index in [2.05, 4.69) is 10.6 Å². The lowest BCUT2D eigenvalue weighted by molar-refractivity contribution is -0.128. The quantitative estimate of drug-likeness (QED) is 0.877. The predicted molar refractivity (Wildman–Crippen MR) is 84.6 cm³/mol. The Balaban J connectivity index is 0.00000147. The fourth-order valence-corrected chi connectivity index (χ4v) is 3.68. The molecule has 5 heteroatoms. The molecule has 110 valence electrons. The Labute approximate surface area is 130 Å². The van der Waals surface area contributed by atoms with E-state index >= 15 is 0 Å². The summed E-state index contributed by atoms with van der Waals surface area (Å²) in [4.78, 5) is 12.7. The van der Waals surface area contributed by atoms with E-state index in [0.29, 0.717) is 10.9 Å². The molecule has 0 spiro atoms. The highest BCUT2D eigenvalue weighted by Gasteiger charge is 2.49. The molecule has 1 aliphatic carbocycles. The predicted octanol–water partition coefficient (Wildman–Crippen LogP) is 3.48. The summed E-state index contributed by atoms with van der Waals surface area (Å²) in [6.07, 6.45) is 4.53. The molecular formula is C15H20Cl2N2O. The fraction of sp³-hybridized carbons (Fsp3) is 0.533. The lowest BCUT2D eigenvalue weighted by Gasteiger charge is -2.37. The van der Waals surface area contributed by atoms with E-state index in [1.54, 1.807) is 6.07 Å². The van der Waals surface area contributed by atoms with Gasteiger partial charge in [-0.2, -0.15) is 0 Å². The smallest absolute Gasteiger partial charge is 0.232 e. The summed E-state index contributed by atoms with van der Waals surface area (Å²) in [6, 6.07) is 7.43. The number of hydrogen-bond donors (Lipinski definition) is 2. The van der Waals surface area contributed by atoms with Crippen molar-refractivity contribution < 1.29 is 4.79 Å². The molecular weight excluding hydrogens is 295 g/mol. The monoisotopic (exact) mass is 314 g/mol. The highest BCUT2D eigenvalue weighted by atomic mass is 35.5. The first-order valence-corrected chi connectivity index (χ1v) is 7.37. The van der Waals surface area contributed by atoms with Crippen LogP contribution in [0.5, 0.6) is 0 Å². The number of anilines is 1. The second kappa shape index (κ2) is 6.33. The molecule has 0 bridgehead atoms.